The number of benzene rings is 1. The SMILES string of the molecule is CN(CC(=O)NC(C)(C)C)C(=O)CSc1ccccc1C(=O)O. The number of aromatic carboxylic acids is 1. The molecule has 2 amide bonds. The van der Waals surface area contributed by atoms with E-state index in [1.807, 2.05) is 20.8 Å². The predicted molar refractivity (Wildman–Crippen MR) is 89.7 cm³/mol. The molecule has 0 aliphatic carbocycles. The number of rotatable bonds is 6. The molecule has 0 aromatic heterocycles. The molecule has 2 N–H and O–H groups in total. The molecule has 0 heterocycles. The van der Waals surface area contributed by atoms with Gasteiger partial charge in [0.2, 0.25) is 11.8 Å². The Bertz CT molecular complexity index is 596. The Morgan fingerprint density at radius 3 is 2.39 bits per heavy atom. The van der Waals surface area contributed by atoms with Gasteiger partial charge >= 0.3 is 5.97 Å². The van der Waals surface area contributed by atoms with Gasteiger partial charge in [-0.15, -0.1) is 11.8 Å². The van der Waals surface area contributed by atoms with E-state index in [4.69, 9.17) is 5.11 Å². The standard InChI is InChI=1S/C16H22N2O4S/c1-16(2,3)17-13(19)9-18(4)14(20)10-23-12-8-6-5-7-11(12)15(21)22/h5-8H,9-10H2,1-4H3,(H,17,19)(H,21,22). The number of nitrogens with one attached hydrogen (secondary N) is 1. The highest BCUT2D eigenvalue weighted by atomic mass is 32.2. The molecule has 1 aromatic carbocycles. The second kappa shape index (κ2) is 8.01. The van der Waals surface area contributed by atoms with Crippen LogP contribution < -0.4 is 5.32 Å². The summed E-state index contributed by atoms with van der Waals surface area (Å²) < 4.78 is 0. The van der Waals surface area contributed by atoms with Crippen molar-refractivity contribution < 1.29 is 19.5 Å². The van der Waals surface area contributed by atoms with Crippen molar-refractivity contribution in [2.75, 3.05) is 19.3 Å². The van der Waals surface area contributed by atoms with E-state index < -0.39 is 5.97 Å². The van der Waals surface area contributed by atoms with Crippen molar-refractivity contribution >= 4 is 29.5 Å². The molecule has 0 radical (unpaired) electrons. The van der Waals surface area contributed by atoms with E-state index in [9.17, 15) is 14.4 Å². The minimum Gasteiger partial charge on any atom is -0.478 e. The van der Waals surface area contributed by atoms with Crippen LogP contribution in [0.4, 0.5) is 0 Å². The van der Waals surface area contributed by atoms with Crippen molar-refractivity contribution in [2.24, 2.45) is 0 Å². The Labute approximate surface area is 140 Å². The number of hydrogen-bond donors (Lipinski definition) is 2. The predicted octanol–water partition coefficient (Wildman–Crippen LogP) is 1.85. The normalized spacial score (nSPS) is 11.0. The number of carbonyl (C=O) groups excluding carboxylic acids is 2. The monoisotopic (exact) mass is 338 g/mol. The lowest BCUT2D eigenvalue weighted by molar-refractivity contribution is -0.133. The largest absolute Gasteiger partial charge is 0.478 e. The van der Waals surface area contributed by atoms with Crippen LogP contribution in [0.15, 0.2) is 29.2 Å². The lowest BCUT2D eigenvalue weighted by Crippen LogP contribution is -2.46. The summed E-state index contributed by atoms with van der Waals surface area (Å²) in [5.41, 5.74) is -0.186. The van der Waals surface area contributed by atoms with Crippen LogP contribution in [-0.4, -0.2) is 52.7 Å². The van der Waals surface area contributed by atoms with E-state index in [1.165, 1.54) is 11.0 Å². The summed E-state index contributed by atoms with van der Waals surface area (Å²) in [6, 6.07) is 6.52. The van der Waals surface area contributed by atoms with Crippen molar-refractivity contribution in [3.05, 3.63) is 29.8 Å². The minimum atomic E-state index is -1.03. The number of amides is 2. The maximum absolute atomic E-state index is 12.1. The average molecular weight is 338 g/mol. The highest BCUT2D eigenvalue weighted by molar-refractivity contribution is 8.00. The highest BCUT2D eigenvalue weighted by Gasteiger charge is 2.18. The summed E-state index contributed by atoms with van der Waals surface area (Å²) >= 11 is 1.15. The molecule has 1 rings (SSSR count). The molecule has 126 valence electrons. The molecule has 0 aliphatic heterocycles. The molecule has 0 saturated heterocycles. The van der Waals surface area contributed by atoms with E-state index in [1.54, 1.807) is 25.2 Å². The van der Waals surface area contributed by atoms with Gasteiger partial charge in [0, 0.05) is 17.5 Å². The Kier molecular flexibility index (Phi) is 6.62. The third kappa shape index (κ3) is 6.73. The molecule has 0 bridgehead atoms. The van der Waals surface area contributed by atoms with Gasteiger partial charge in [-0.2, -0.15) is 0 Å². The first kappa shape index (κ1) is 19.0. The van der Waals surface area contributed by atoms with Crippen molar-refractivity contribution in [3.8, 4) is 0 Å². The highest BCUT2D eigenvalue weighted by Crippen LogP contribution is 2.22. The maximum atomic E-state index is 12.1. The fraction of sp³-hybridized carbons (Fsp3) is 0.438. The number of nitrogens with zero attached hydrogens (tertiary/aromatic N) is 1. The van der Waals surface area contributed by atoms with Crippen LogP contribution in [0, 0.1) is 0 Å². The van der Waals surface area contributed by atoms with Crippen LogP contribution >= 0.6 is 11.8 Å². The van der Waals surface area contributed by atoms with Gasteiger partial charge in [0.25, 0.3) is 0 Å². The second-order valence-electron chi connectivity index (χ2n) is 6.14. The van der Waals surface area contributed by atoms with Gasteiger partial charge in [0.1, 0.15) is 0 Å². The van der Waals surface area contributed by atoms with Crippen LogP contribution in [0.5, 0.6) is 0 Å². The average Bonchev–Trinajstić information content (AvgIpc) is 2.42. The summed E-state index contributed by atoms with van der Waals surface area (Å²) in [4.78, 5) is 36.9. The van der Waals surface area contributed by atoms with Crippen molar-refractivity contribution in [3.63, 3.8) is 0 Å². The lowest BCUT2D eigenvalue weighted by atomic mass is 10.1. The number of likely N-dealkylation sites (N-methyl/N-ethyl adjacent to an activating group) is 1. The van der Waals surface area contributed by atoms with Crippen molar-refractivity contribution in [2.45, 2.75) is 31.2 Å². The van der Waals surface area contributed by atoms with E-state index in [0.717, 1.165) is 11.8 Å². The Balaban J connectivity index is 2.57. The van der Waals surface area contributed by atoms with Crippen LogP contribution in [-0.2, 0) is 9.59 Å². The molecular formula is C16H22N2O4S. The summed E-state index contributed by atoms with van der Waals surface area (Å²) in [6.45, 7) is 5.57. The molecule has 1 aromatic rings. The number of carboxylic acids is 1. The van der Waals surface area contributed by atoms with Gasteiger partial charge in [-0.1, -0.05) is 12.1 Å². The Hall–Kier alpha value is -2.02. The number of carbonyl (C=O) groups is 3. The fourth-order valence-electron chi connectivity index (χ4n) is 1.78. The zero-order valence-electron chi connectivity index (χ0n) is 13.8. The van der Waals surface area contributed by atoms with Gasteiger partial charge in [-0.05, 0) is 32.9 Å². The third-order valence-corrected chi connectivity index (χ3v) is 3.85. The minimum absolute atomic E-state index is 0.0305. The smallest absolute Gasteiger partial charge is 0.336 e. The van der Waals surface area contributed by atoms with Gasteiger partial charge in [0.15, 0.2) is 0 Å². The molecule has 0 aliphatic rings. The summed E-state index contributed by atoms with van der Waals surface area (Å²) in [5, 5.41) is 11.9. The van der Waals surface area contributed by atoms with Crippen LogP contribution in [0.2, 0.25) is 0 Å². The molecule has 0 atom stereocenters. The molecule has 0 fully saturated rings. The summed E-state index contributed by atoms with van der Waals surface area (Å²) in [5.74, 6) is -1.43. The molecular weight excluding hydrogens is 316 g/mol. The van der Waals surface area contributed by atoms with Gasteiger partial charge in [0.05, 0.1) is 17.9 Å². The molecule has 0 spiro atoms. The Morgan fingerprint density at radius 2 is 1.83 bits per heavy atom. The number of hydrogen-bond acceptors (Lipinski definition) is 4. The Morgan fingerprint density at radius 1 is 1.22 bits per heavy atom. The second-order valence-corrected chi connectivity index (χ2v) is 7.16. The van der Waals surface area contributed by atoms with E-state index >= 15 is 0 Å². The molecule has 23 heavy (non-hydrogen) atoms. The number of thioether (sulfide) groups is 1. The molecule has 0 unspecified atom stereocenters. The van der Waals surface area contributed by atoms with Crippen LogP contribution in [0.1, 0.15) is 31.1 Å². The lowest BCUT2D eigenvalue weighted by Gasteiger charge is -2.23. The molecule has 6 nitrogen and oxygen atoms in total. The quantitative estimate of drug-likeness (QED) is 0.773. The zero-order valence-corrected chi connectivity index (χ0v) is 14.6. The summed E-state index contributed by atoms with van der Waals surface area (Å²) in [6.07, 6.45) is 0. The fourth-order valence-corrected chi connectivity index (χ4v) is 2.77. The van der Waals surface area contributed by atoms with Gasteiger partial charge < -0.3 is 15.3 Å². The van der Waals surface area contributed by atoms with E-state index in [0.29, 0.717) is 4.90 Å². The molecule has 0 saturated carbocycles. The third-order valence-electron chi connectivity index (χ3n) is 2.79. The van der Waals surface area contributed by atoms with Gasteiger partial charge in [-0.3, -0.25) is 9.59 Å². The van der Waals surface area contributed by atoms with Gasteiger partial charge in [-0.25, -0.2) is 4.79 Å². The maximum Gasteiger partial charge on any atom is 0.336 e. The zero-order chi connectivity index (χ0) is 17.6. The van der Waals surface area contributed by atoms with E-state index in [2.05, 4.69) is 5.32 Å². The first-order valence-corrected chi connectivity index (χ1v) is 8.09. The van der Waals surface area contributed by atoms with Crippen molar-refractivity contribution in [1.82, 2.24) is 10.2 Å². The van der Waals surface area contributed by atoms with E-state index in [-0.39, 0.29) is 35.2 Å². The number of carboxylic acid groups (broad SMARTS) is 1. The first-order valence-electron chi connectivity index (χ1n) is 7.10. The van der Waals surface area contributed by atoms with Crippen LogP contribution in [0.25, 0.3) is 0 Å². The first-order chi connectivity index (χ1) is 10.6. The van der Waals surface area contributed by atoms with Crippen molar-refractivity contribution in [1.29, 1.82) is 0 Å². The molecule has 7 heteroatoms. The van der Waals surface area contributed by atoms with Crippen LogP contribution in [0.3, 0.4) is 0 Å². The summed E-state index contributed by atoms with van der Waals surface area (Å²) in [7, 11) is 1.55. The topological polar surface area (TPSA) is 86.7 Å².